The predicted molar refractivity (Wildman–Crippen MR) is 63.5 cm³/mol. The van der Waals surface area contributed by atoms with E-state index in [0.29, 0.717) is 0 Å². The minimum Gasteiger partial charge on any atom is -0.496 e. The molecule has 1 atom stereocenters. The standard InChI is InChI=1S/C11H19NO2S/c1-4-11(2,8-13)12-7-10-9(14-3)5-6-15-10/h5-6,12-13H,4,7-8H2,1-3H3. The summed E-state index contributed by atoms with van der Waals surface area (Å²) in [5.74, 6) is 0.920. The van der Waals surface area contributed by atoms with E-state index in [1.165, 1.54) is 4.88 Å². The van der Waals surface area contributed by atoms with E-state index in [2.05, 4.69) is 12.2 Å². The quantitative estimate of drug-likeness (QED) is 0.784. The number of thiophene rings is 1. The van der Waals surface area contributed by atoms with Crippen molar-refractivity contribution in [1.29, 1.82) is 0 Å². The maximum Gasteiger partial charge on any atom is 0.134 e. The van der Waals surface area contributed by atoms with Crippen LogP contribution >= 0.6 is 11.3 Å². The highest BCUT2D eigenvalue weighted by molar-refractivity contribution is 7.10. The molecule has 0 fully saturated rings. The number of methoxy groups -OCH3 is 1. The van der Waals surface area contributed by atoms with Crippen molar-refractivity contribution < 1.29 is 9.84 Å². The number of rotatable bonds is 6. The van der Waals surface area contributed by atoms with Crippen LogP contribution in [-0.2, 0) is 6.54 Å². The minimum atomic E-state index is -0.199. The van der Waals surface area contributed by atoms with E-state index in [-0.39, 0.29) is 12.1 Å². The fourth-order valence-corrected chi connectivity index (χ4v) is 2.00. The van der Waals surface area contributed by atoms with E-state index in [9.17, 15) is 5.11 Å². The van der Waals surface area contributed by atoms with Crippen molar-refractivity contribution in [3.8, 4) is 5.75 Å². The summed E-state index contributed by atoms with van der Waals surface area (Å²) >= 11 is 1.67. The maximum absolute atomic E-state index is 9.25. The van der Waals surface area contributed by atoms with Crippen LogP contribution in [0.3, 0.4) is 0 Å². The molecule has 0 aliphatic heterocycles. The lowest BCUT2D eigenvalue weighted by Gasteiger charge is -2.27. The highest BCUT2D eigenvalue weighted by atomic mass is 32.1. The highest BCUT2D eigenvalue weighted by Gasteiger charge is 2.20. The number of ether oxygens (including phenoxy) is 1. The lowest BCUT2D eigenvalue weighted by molar-refractivity contribution is 0.169. The predicted octanol–water partition coefficient (Wildman–Crippen LogP) is 2.01. The molecule has 1 heterocycles. The molecule has 0 aliphatic carbocycles. The SMILES string of the molecule is CCC(C)(CO)NCc1sccc1OC. The van der Waals surface area contributed by atoms with Crippen molar-refractivity contribution in [2.24, 2.45) is 0 Å². The van der Waals surface area contributed by atoms with Crippen LogP contribution in [0.2, 0.25) is 0 Å². The van der Waals surface area contributed by atoms with Gasteiger partial charge in [0.25, 0.3) is 0 Å². The van der Waals surface area contributed by atoms with Crippen LogP contribution in [0.4, 0.5) is 0 Å². The number of aliphatic hydroxyl groups is 1. The molecule has 1 rings (SSSR count). The first-order valence-electron chi connectivity index (χ1n) is 5.11. The van der Waals surface area contributed by atoms with Gasteiger partial charge in [-0.15, -0.1) is 11.3 Å². The fraction of sp³-hybridized carbons (Fsp3) is 0.636. The van der Waals surface area contributed by atoms with Gasteiger partial charge in [-0.25, -0.2) is 0 Å². The molecule has 0 bridgehead atoms. The molecule has 0 saturated carbocycles. The first kappa shape index (κ1) is 12.5. The van der Waals surface area contributed by atoms with Crippen molar-refractivity contribution >= 4 is 11.3 Å². The summed E-state index contributed by atoms with van der Waals surface area (Å²) in [6, 6.07) is 1.96. The Morgan fingerprint density at radius 3 is 2.87 bits per heavy atom. The van der Waals surface area contributed by atoms with E-state index in [0.717, 1.165) is 18.7 Å². The zero-order valence-corrected chi connectivity index (χ0v) is 10.4. The third-order valence-electron chi connectivity index (χ3n) is 2.73. The van der Waals surface area contributed by atoms with Crippen molar-refractivity contribution in [3.05, 3.63) is 16.3 Å². The number of aliphatic hydroxyl groups excluding tert-OH is 1. The first-order valence-corrected chi connectivity index (χ1v) is 5.99. The Morgan fingerprint density at radius 2 is 2.33 bits per heavy atom. The second kappa shape index (κ2) is 5.49. The van der Waals surface area contributed by atoms with Gasteiger partial charge in [0.05, 0.1) is 18.6 Å². The van der Waals surface area contributed by atoms with Gasteiger partial charge in [-0.05, 0) is 24.8 Å². The van der Waals surface area contributed by atoms with Gasteiger partial charge in [0.15, 0.2) is 0 Å². The Bertz CT molecular complexity index is 295. The fourth-order valence-electron chi connectivity index (χ4n) is 1.23. The van der Waals surface area contributed by atoms with Crippen LogP contribution in [0.1, 0.15) is 25.1 Å². The molecule has 1 aromatic heterocycles. The maximum atomic E-state index is 9.25. The minimum absolute atomic E-state index is 0.150. The van der Waals surface area contributed by atoms with E-state index < -0.39 is 0 Å². The molecular formula is C11H19NO2S. The van der Waals surface area contributed by atoms with E-state index in [1.807, 2.05) is 18.4 Å². The molecule has 3 nitrogen and oxygen atoms in total. The molecule has 2 N–H and O–H groups in total. The smallest absolute Gasteiger partial charge is 0.134 e. The average Bonchev–Trinajstić information content (AvgIpc) is 2.73. The zero-order valence-electron chi connectivity index (χ0n) is 9.54. The van der Waals surface area contributed by atoms with Gasteiger partial charge in [0.2, 0.25) is 0 Å². The Balaban J connectivity index is 2.56. The second-order valence-electron chi connectivity index (χ2n) is 3.84. The molecule has 0 aromatic carbocycles. The Labute approximate surface area is 95.1 Å². The average molecular weight is 229 g/mol. The van der Waals surface area contributed by atoms with Crippen molar-refractivity contribution in [3.63, 3.8) is 0 Å². The van der Waals surface area contributed by atoms with Crippen LogP contribution < -0.4 is 10.1 Å². The molecule has 86 valence electrons. The summed E-state index contributed by atoms with van der Waals surface area (Å²) < 4.78 is 5.23. The molecule has 0 spiro atoms. The third-order valence-corrected chi connectivity index (χ3v) is 3.63. The molecule has 0 radical (unpaired) electrons. The van der Waals surface area contributed by atoms with Gasteiger partial charge in [0.1, 0.15) is 5.75 Å². The van der Waals surface area contributed by atoms with Gasteiger partial charge in [0, 0.05) is 12.1 Å². The van der Waals surface area contributed by atoms with E-state index in [4.69, 9.17) is 4.74 Å². The van der Waals surface area contributed by atoms with Crippen LogP contribution in [0.15, 0.2) is 11.4 Å². The summed E-state index contributed by atoms with van der Waals surface area (Å²) in [4.78, 5) is 1.17. The largest absolute Gasteiger partial charge is 0.496 e. The van der Waals surface area contributed by atoms with Crippen molar-refractivity contribution in [1.82, 2.24) is 5.32 Å². The molecule has 0 saturated heterocycles. The molecule has 0 aliphatic rings. The molecule has 0 amide bonds. The Morgan fingerprint density at radius 1 is 1.60 bits per heavy atom. The third kappa shape index (κ3) is 3.19. The summed E-state index contributed by atoms with van der Waals surface area (Å²) in [7, 11) is 1.68. The normalized spacial score (nSPS) is 14.9. The molecule has 1 aromatic rings. The van der Waals surface area contributed by atoms with Gasteiger partial charge in [-0.2, -0.15) is 0 Å². The first-order chi connectivity index (χ1) is 7.15. The number of nitrogens with one attached hydrogen (secondary N) is 1. The monoisotopic (exact) mass is 229 g/mol. The summed E-state index contributed by atoms with van der Waals surface area (Å²) in [5.41, 5.74) is -0.199. The van der Waals surface area contributed by atoms with Crippen molar-refractivity contribution in [2.75, 3.05) is 13.7 Å². The van der Waals surface area contributed by atoms with Gasteiger partial charge < -0.3 is 15.2 Å². The molecule has 4 heteroatoms. The lowest BCUT2D eigenvalue weighted by atomic mass is 10.0. The lowest BCUT2D eigenvalue weighted by Crippen LogP contribution is -2.44. The van der Waals surface area contributed by atoms with Gasteiger partial charge in [-0.3, -0.25) is 0 Å². The van der Waals surface area contributed by atoms with Crippen molar-refractivity contribution in [2.45, 2.75) is 32.4 Å². The highest BCUT2D eigenvalue weighted by Crippen LogP contribution is 2.24. The van der Waals surface area contributed by atoms with E-state index >= 15 is 0 Å². The van der Waals surface area contributed by atoms with Gasteiger partial charge in [-0.1, -0.05) is 6.92 Å². The topological polar surface area (TPSA) is 41.5 Å². The van der Waals surface area contributed by atoms with Gasteiger partial charge >= 0.3 is 0 Å². The Kier molecular flexibility index (Phi) is 4.57. The van der Waals surface area contributed by atoms with Crippen LogP contribution in [0, 0.1) is 0 Å². The summed E-state index contributed by atoms with van der Waals surface area (Å²) in [5, 5.41) is 14.6. The Hall–Kier alpha value is -0.580. The number of hydrogen-bond donors (Lipinski definition) is 2. The molecular weight excluding hydrogens is 210 g/mol. The van der Waals surface area contributed by atoms with Crippen LogP contribution in [-0.4, -0.2) is 24.4 Å². The second-order valence-corrected chi connectivity index (χ2v) is 4.84. The van der Waals surface area contributed by atoms with E-state index in [1.54, 1.807) is 18.4 Å². The zero-order chi connectivity index (χ0) is 11.3. The summed E-state index contributed by atoms with van der Waals surface area (Å²) in [6.07, 6.45) is 0.900. The van der Waals surface area contributed by atoms with Crippen LogP contribution in [0.25, 0.3) is 0 Å². The van der Waals surface area contributed by atoms with Crippen LogP contribution in [0.5, 0.6) is 5.75 Å². The molecule has 1 unspecified atom stereocenters. The summed E-state index contributed by atoms with van der Waals surface area (Å²) in [6.45, 7) is 4.98. The molecule has 15 heavy (non-hydrogen) atoms. The number of hydrogen-bond acceptors (Lipinski definition) is 4.